The number of aliphatic hydroxyl groups excluding tert-OH is 3. The molecule has 0 unspecified atom stereocenters. The molecule has 1 aromatic carbocycles. The molecule has 2 aromatic heterocycles. The summed E-state index contributed by atoms with van der Waals surface area (Å²) in [5, 5.41) is 71.8. The van der Waals surface area contributed by atoms with Crippen LogP contribution in [-0.4, -0.2) is 181 Å². The molecule has 0 aliphatic carbocycles. The monoisotopic (exact) mass is 1050 g/mol. The molecule has 0 spiro atoms. The Labute approximate surface area is 434 Å². The standard InChI is InChI=1S/C53H82FN5O15/c1-14-40-53(10,66)46(62)30(4)42(60)28(2)22-51(8,65)48(31(5)44(32(6)49(64)72-40)73-41-23-52(9,68-13)47(63)33(7)71-41)74-50-43(61)38(21-29(3)70-50)58(11)20-19-37-26-59(57-56-37)39(24-54)45(67-12)35-17-15-34(16-18-35)36-25-55-69-27-36/h15-18,25-33,38-41,43-48,50,61-63,65-66H,14,19-24H2,1-13H3/t28-,29-,30+,31+,32-,33+,38+,39-,40-,41+,43-,44+,45-,46-,47+,48-,50+,51-,52-,53-/m1/s1. The number of ketones is 1. The van der Waals surface area contributed by atoms with Crippen molar-refractivity contribution in [2.45, 2.75) is 198 Å². The first-order valence-corrected chi connectivity index (χ1v) is 25.9. The lowest BCUT2D eigenvalue weighted by molar-refractivity contribution is -0.318. The van der Waals surface area contributed by atoms with Crippen LogP contribution in [0.25, 0.3) is 11.1 Å². The van der Waals surface area contributed by atoms with Crippen LogP contribution in [0.2, 0.25) is 0 Å². The van der Waals surface area contributed by atoms with Gasteiger partial charge in [-0.15, -0.1) is 5.10 Å². The Morgan fingerprint density at radius 3 is 2.23 bits per heavy atom. The summed E-state index contributed by atoms with van der Waals surface area (Å²) < 4.78 is 64.9. The Kier molecular flexibility index (Phi) is 19.8. The minimum absolute atomic E-state index is 0.0425. The average molecular weight is 1050 g/mol. The van der Waals surface area contributed by atoms with Crippen LogP contribution in [0.1, 0.15) is 118 Å². The van der Waals surface area contributed by atoms with Crippen molar-refractivity contribution in [3.05, 3.63) is 54.2 Å². The summed E-state index contributed by atoms with van der Waals surface area (Å²) in [6.45, 7) is 15.8. The van der Waals surface area contributed by atoms with E-state index in [9.17, 15) is 39.5 Å². The zero-order valence-corrected chi connectivity index (χ0v) is 45.2. The Balaban J connectivity index is 1.26. The molecule has 5 N–H and O–H groups in total. The predicted molar refractivity (Wildman–Crippen MR) is 266 cm³/mol. The molecular formula is C53H82FN5O15. The van der Waals surface area contributed by atoms with Gasteiger partial charge >= 0.3 is 5.97 Å². The van der Waals surface area contributed by atoms with Crippen LogP contribution >= 0.6 is 0 Å². The Morgan fingerprint density at radius 2 is 1.62 bits per heavy atom. The molecule has 0 saturated carbocycles. The molecule has 20 nitrogen and oxygen atoms in total. The van der Waals surface area contributed by atoms with Gasteiger partial charge in [0, 0.05) is 69.2 Å². The number of nitrogens with zero attached hydrogens (tertiary/aromatic N) is 5. The Morgan fingerprint density at radius 1 is 0.932 bits per heavy atom. The SMILES string of the molecule is CC[C@H]1OC(=O)[C@H](C)[C@@H](O[C@H]2C[C@@](C)(OC)[C@@H](O)[C@H](C)O2)[C@H](C)[C@@H](O[C@@H]2O[C@H](C)C[C@H](N(C)CCc3cn([C@H](CF)[C@H](OC)c4ccc(-c5cnoc5)cc4)nn3)[C@H]2O)[C@](C)(O)C[C@@H](C)C(=O)[C@H](C)[C@@H](O)[C@]1(C)O. The van der Waals surface area contributed by atoms with Crippen molar-refractivity contribution in [1.29, 1.82) is 0 Å². The number of alkyl halides is 1. The average Bonchev–Trinajstić information content (AvgIpc) is 4.09. The van der Waals surface area contributed by atoms with Gasteiger partial charge < -0.3 is 68.1 Å². The van der Waals surface area contributed by atoms with E-state index in [0.717, 1.165) is 16.7 Å². The number of likely N-dealkylation sites (N-methyl/N-ethyl adjacent to an activating group) is 1. The number of carbonyl (C=O) groups excluding carboxylic acids is 2. The van der Waals surface area contributed by atoms with Gasteiger partial charge in [-0.1, -0.05) is 62.3 Å². The van der Waals surface area contributed by atoms with Crippen molar-refractivity contribution in [2.24, 2.45) is 23.7 Å². The second-order valence-electron chi connectivity index (χ2n) is 21.8. The molecule has 5 heterocycles. The second kappa shape index (κ2) is 24.7. The number of methoxy groups -OCH3 is 2. The van der Waals surface area contributed by atoms with Gasteiger partial charge in [0.15, 0.2) is 12.6 Å². The van der Waals surface area contributed by atoms with E-state index >= 15 is 0 Å². The summed E-state index contributed by atoms with van der Waals surface area (Å²) in [4.78, 5) is 30.5. The number of Topliss-reactive ketones (excluding diaryl/α,β-unsaturated/α-hetero) is 1. The fourth-order valence-corrected chi connectivity index (χ4v) is 11.4. The van der Waals surface area contributed by atoms with Gasteiger partial charge in [0.1, 0.15) is 54.8 Å². The van der Waals surface area contributed by atoms with E-state index in [1.807, 2.05) is 43.1 Å². The second-order valence-corrected chi connectivity index (χ2v) is 21.8. The van der Waals surface area contributed by atoms with E-state index in [-0.39, 0.29) is 19.3 Å². The van der Waals surface area contributed by atoms with Gasteiger partial charge in [0.25, 0.3) is 0 Å². The lowest BCUT2D eigenvalue weighted by Crippen LogP contribution is -2.61. The molecule has 21 heteroatoms. The molecule has 3 aromatic rings. The van der Waals surface area contributed by atoms with E-state index in [4.69, 9.17) is 37.7 Å². The van der Waals surface area contributed by atoms with Crippen molar-refractivity contribution in [3.8, 4) is 11.1 Å². The van der Waals surface area contributed by atoms with Gasteiger partial charge in [-0.3, -0.25) is 9.59 Å². The van der Waals surface area contributed by atoms with Crippen LogP contribution in [0, 0.1) is 23.7 Å². The zero-order valence-electron chi connectivity index (χ0n) is 45.2. The molecular weight excluding hydrogens is 966 g/mol. The van der Waals surface area contributed by atoms with Crippen molar-refractivity contribution < 1.29 is 77.2 Å². The van der Waals surface area contributed by atoms with Crippen molar-refractivity contribution in [2.75, 3.05) is 34.5 Å². The van der Waals surface area contributed by atoms with Crippen LogP contribution < -0.4 is 0 Å². The third-order valence-electron chi connectivity index (χ3n) is 16.1. The number of esters is 1. The molecule has 3 aliphatic heterocycles. The summed E-state index contributed by atoms with van der Waals surface area (Å²) >= 11 is 0. The van der Waals surface area contributed by atoms with Crippen molar-refractivity contribution >= 4 is 11.8 Å². The van der Waals surface area contributed by atoms with E-state index in [1.165, 1.54) is 45.9 Å². The number of hydrogen-bond donors (Lipinski definition) is 5. The molecule has 6 rings (SSSR count). The van der Waals surface area contributed by atoms with Gasteiger partial charge in [-0.25, -0.2) is 9.07 Å². The molecule has 20 atom stereocenters. The van der Waals surface area contributed by atoms with Gasteiger partial charge in [-0.05, 0) is 79.0 Å². The summed E-state index contributed by atoms with van der Waals surface area (Å²) in [7, 11) is 4.83. The maximum absolute atomic E-state index is 14.8. The summed E-state index contributed by atoms with van der Waals surface area (Å²) in [6, 6.07) is 6.11. The number of hydrogen-bond acceptors (Lipinski definition) is 19. The number of benzene rings is 1. The first-order valence-electron chi connectivity index (χ1n) is 25.9. The van der Waals surface area contributed by atoms with Crippen molar-refractivity contribution in [3.63, 3.8) is 0 Å². The van der Waals surface area contributed by atoms with Crippen LogP contribution in [0.5, 0.6) is 0 Å². The minimum atomic E-state index is -2.05. The van der Waals surface area contributed by atoms with E-state index in [2.05, 4.69) is 15.5 Å². The fraction of sp³-hybridized carbons (Fsp3) is 0.755. The fourth-order valence-electron chi connectivity index (χ4n) is 11.4. The summed E-state index contributed by atoms with van der Waals surface area (Å²) in [6.07, 6.45) is -6.50. The van der Waals surface area contributed by atoms with E-state index in [1.54, 1.807) is 53.9 Å². The Bertz CT molecular complexity index is 2250. The zero-order chi connectivity index (χ0) is 54.6. The number of aromatic nitrogens is 4. The number of halogens is 1. The van der Waals surface area contributed by atoms with E-state index in [0.29, 0.717) is 25.1 Å². The number of ether oxygens (including phenoxy) is 7. The molecule has 3 aliphatic rings. The van der Waals surface area contributed by atoms with Gasteiger partial charge in [-0.2, -0.15) is 0 Å². The van der Waals surface area contributed by atoms with Crippen LogP contribution in [-0.2, 0) is 49.2 Å². The minimum Gasteiger partial charge on any atom is -0.459 e. The Hall–Kier alpha value is -3.84. The highest BCUT2D eigenvalue weighted by atomic mass is 19.1. The quantitative estimate of drug-likeness (QED) is 0.123. The van der Waals surface area contributed by atoms with Crippen LogP contribution in [0.4, 0.5) is 4.39 Å². The third kappa shape index (κ3) is 12.9. The van der Waals surface area contributed by atoms with E-state index < -0.39 is 139 Å². The summed E-state index contributed by atoms with van der Waals surface area (Å²) in [5.41, 5.74) is -2.06. The van der Waals surface area contributed by atoms with Gasteiger partial charge in [0.05, 0.1) is 59.5 Å². The smallest absolute Gasteiger partial charge is 0.311 e. The maximum atomic E-state index is 14.8. The largest absolute Gasteiger partial charge is 0.459 e. The first kappa shape index (κ1) is 59.4. The first-order chi connectivity index (χ1) is 34.8. The topological polar surface area (TPSA) is 260 Å². The molecule has 416 valence electrons. The predicted octanol–water partition coefficient (Wildman–Crippen LogP) is 4.54. The molecule has 3 saturated heterocycles. The highest BCUT2D eigenvalue weighted by Crippen LogP contribution is 2.41. The van der Waals surface area contributed by atoms with Gasteiger partial charge in [0.2, 0.25) is 0 Å². The number of cyclic esters (lactones) is 1. The number of aliphatic hydroxyl groups is 5. The van der Waals surface area contributed by atoms with Crippen LogP contribution in [0.3, 0.4) is 0 Å². The molecule has 0 bridgehead atoms. The lowest BCUT2D eigenvalue weighted by atomic mass is 9.74. The van der Waals surface area contributed by atoms with Crippen LogP contribution in [0.15, 0.2) is 47.4 Å². The highest BCUT2D eigenvalue weighted by Gasteiger charge is 2.54. The molecule has 3 fully saturated rings. The molecule has 0 radical (unpaired) electrons. The maximum Gasteiger partial charge on any atom is 0.311 e. The lowest BCUT2D eigenvalue weighted by Gasteiger charge is -2.49. The van der Waals surface area contributed by atoms with Crippen molar-refractivity contribution in [1.82, 2.24) is 25.1 Å². The third-order valence-corrected chi connectivity index (χ3v) is 16.1. The normalized spacial score (nSPS) is 38.8. The summed E-state index contributed by atoms with van der Waals surface area (Å²) in [5.74, 6) is -5.38. The molecule has 0 amide bonds. The number of rotatable bonds is 16. The highest BCUT2D eigenvalue weighted by molar-refractivity contribution is 5.83. The number of carbonyl (C=O) groups is 2. The molecule has 74 heavy (non-hydrogen) atoms.